The molecule has 0 spiro atoms. The maximum Gasteiger partial charge on any atom is 0.0936 e. The lowest BCUT2D eigenvalue weighted by Gasteiger charge is -2.07. The van der Waals surface area contributed by atoms with Gasteiger partial charge in [0.15, 0.2) is 0 Å². The van der Waals surface area contributed by atoms with Crippen LogP contribution in [0.2, 0.25) is 0 Å². The number of hydrogen-bond donors (Lipinski definition) is 1. The Labute approximate surface area is 88.5 Å². The van der Waals surface area contributed by atoms with E-state index in [2.05, 4.69) is 9.82 Å². The molecule has 76 valence electrons. The van der Waals surface area contributed by atoms with Gasteiger partial charge in [0.1, 0.15) is 0 Å². The van der Waals surface area contributed by atoms with Crippen molar-refractivity contribution < 1.29 is 4.84 Å². The minimum Gasteiger partial charge on any atom is -0.300 e. The van der Waals surface area contributed by atoms with Crippen LogP contribution in [0.15, 0.2) is 48.8 Å². The number of nitrogens with zero attached hydrogens (tertiary/aromatic N) is 1. The summed E-state index contributed by atoms with van der Waals surface area (Å²) in [4.78, 5) is 8.67. The minimum atomic E-state index is 0.415. The summed E-state index contributed by atoms with van der Waals surface area (Å²) in [6.07, 6.45) is 3.55. The Balaban J connectivity index is 2.43. The van der Waals surface area contributed by atoms with E-state index in [1.807, 2.05) is 36.4 Å². The zero-order valence-corrected chi connectivity index (χ0v) is 8.26. The second kappa shape index (κ2) is 4.68. The van der Waals surface area contributed by atoms with Gasteiger partial charge in [0.25, 0.3) is 0 Å². The maximum absolute atomic E-state index is 5.10. The predicted octanol–water partition coefficient (Wildman–Crippen LogP) is 2.14. The number of rotatable bonds is 3. The molecular formula is C12H12N2O. The van der Waals surface area contributed by atoms with Crippen molar-refractivity contribution in [3.63, 3.8) is 0 Å². The molecule has 0 aliphatic carbocycles. The lowest BCUT2D eigenvalue weighted by molar-refractivity contribution is 0.124. The van der Waals surface area contributed by atoms with Gasteiger partial charge in [-0.1, -0.05) is 24.3 Å². The molecule has 0 amide bonds. The third kappa shape index (κ3) is 2.21. The van der Waals surface area contributed by atoms with Gasteiger partial charge in [-0.05, 0) is 28.8 Å². The molecule has 0 fully saturated rings. The van der Waals surface area contributed by atoms with Crippen molar-refractivity contribution in [3.8, 4) is 11.1 Å². The number of pyridine rings is 1. The fourth-order valence-corrected chi connectivity index (χ4v) is 1.55. The first-order valence-corrected chi connectivity index (χ1v) is 4.72. The average Bonchev–Trinajstić information content (AvgIpc) is 2.31. The van der Waals surface area contributed by atoms with E-state index in [0.29, 0.717) is 6.61 Å². The highest BCUT2D eigenvalue weighted by molar-refractivity contribution is 5.66. The van der Waals surface area contributed by atoms with Gasteiger partial charge in [0.05, 0.1) is 6.61 Å². The van der Waals surface area contributed by atoms with E-state index in [1.165, 1.54) is 0 Å². The molecule has 2 N–H and O–H groups in total. The first-order valence-electron chi connectivity index (χ1n) is 4.72. The zero-order chi connectivity index (χ0) is 10.5. The Bertz CT molecular complexity index is 429. The molecule has 3 heteroatoms. The van der Waals surface area contributed by atoms with Crippen LogP contribution in [0.1, 0.15) is 5.56 Å². The van der Waals surface area contributed by atoms with Crippen LogP contribution in [0, 0.1) is 0 Å². The molecule has 15 heavy (non-hydrogen) atoms. The van der Waals surface area contributed by atoms with Gasteiger partial charge in [0.2, 0.25) is 0 Å². The van der Waals surface area contributed by atoms with Crippen LogP contribution in [0.25, 0.3) is 11.1 Å². The lowest BCUT2D eigenvalue weighted by Crippen LogP contribution is -2.00. The fourth-order valence-electron chi connectivity index (χ4n) is 1.55. The first kappa shape index (κ1) is 9.83. The van der Waals surface area contributed by atoms with Crippen molar-refractivity contribution in [2.24, 2.45) is 5.90 Å². The van der Waals surface area contributed by atoms with Crippen LogP contribution in [-0.2, 0) is 11.4 Å². The van der Waals surface area contributed by atoms with Gasteiger partial charge in [0, 0.05) is 12.4 Å². The van der Waals surface area contributed by atoms with E-state index in [1.54, 1.807) is 12.4 Å². The second-order valence-corrected chi connectivity index (χ2v) is 3.20. The minimum absolute atomic E-state index is 0.415. The topological polar surface area (TPSA) is 48.1 Å². The highest BCUT2D eigenvalue weighted by atomic mass is 16.6. The molecule has 2 aromatic rings. The third-order valence-corrected chi connectivity index (χ3v) is 2.25. The van der Waals surface area contributed by atoms with Gasteiger partial charge in [-0.15, -0.1) is 0 Å². The molecule has 1 aromatic heterocycles. The van der Waals surface area contributed by atoms with Gasteiger partial charge < -0.3 is 0 Å². The van der Waals surface area contributed by atoms with Crippen LogP contribution in [0.4, 0.5) is 0 Å². The number of nitrogens with two attached hydrogens (primary N) is 1. The summed E-state index contributed by atoms with van der Waals surface area (Å²) in [5, 5.41) is 0. The molecule has 0 aliphatic heterocycles. The SMILES string of the molecule is NOCc1ccccc1-c1ccncc1. The second-order valence-electron chi connectivity index (χ2n) is 3.20. The molecule has 0 saturated carbocycles. The average molecular weight is 200 g/mol. The van der Waals surface area contributed by atoms with Crippen LogP contribution in [-0.4, -0.2) is 4.98 Å². The van der Waals surface area contributed by atoms with Crippen molar-refractivity contribution in [2.45, 2.75) is 6.61 Å². The standard InChI is InChI=1S/C12H12N2O/c13-15-9-11-3-1-2-4-12(11)10-5-7-14-8-6-10/h1-8H,9,13H2. The summed E-state index contributed by atoms with van der Waals surface area (Å²) >= 11 is 0. The molecule has 1 aromatic carbocycles. The van der Waals surface area contributed by atoms with E-state index < -0.39 is 0 Å². The summed E-state index contributed by atoms with van der Waals surface area (Å²) in [5.74, 6) is 5.10. The Morgan fingerprint density at radius 1 is 1.07 bits per heavy atom. The van der Waals surface area contributed by atoms with Crippen LogP contribution < -0.4 is 5.90 Å². The van der Waals surface area contributed by atoms with Crippen molar-refractivity contribution >= 4 is 0 Å². The van der Waals surface area contributed by atoms with Gasteiger partial charge in [-0.2, -0.15) is 0 Å². The zero-order valence-electron chi connectivity index (χ0n) is 8.26. The van der Waals surface area contributed by atoms with Crippen LogP contribution >= 0.6 is 0 Å². The smallest absolute Gasteiger partial charge is 0.0936 e. The molecule has 0 unspecified atom stereocenters. The largest absolute Gasteiger partial charge is 0.300 e. The molecule has 0 atom stereocenters. The van der Waals surface area contributed by atoms with E-state index in [0.717, 1.165) is 16.7 Å². The molecular weight excluding hydrogens is 188 g/mol. The van der Waals surface area contributed by atoms with Crippen LogP contribution in [0.3, 0.4) is 0 Å². The number of aromatic nitrogens is 1. The summed E-state index contributed by atoms with van der Waals surface area (Å²) in [7, 11) is 0. The summed E-state index contributed by atoms with van der Waals surface area (Å²) in [6.45, 7) is 0.415. The third-order valence-electron chi connectivity index (χ3n) is 2.25. The van der Waals surface area contributed by atoms with E-state index in [4.69, 9.17) is 5.90 Å². The fraction of sp³-hybridized carbons (Fsp3) is 0.0833. The first-order chi connectivity index (χ1) is 7.42. The van der Waals surface area contributed by atoms with Gasteiger partial charge in [-0.3, -0.25) is 9.82 Å². The Hall–Kier alpha value is -1.71. The van der Waals surface area contributed by atoms with Crippen molar-refractivity contribution in [1.82, 2.24) is 4.98 Å². The maximum atomic E-state index is 5.10. The van der Waals surface area contributed by atoms with Crippen molar-refractivity contribution in [1.29, 1.82) is 0 Å². The Morgan fingerprint density at radius 3 is 2.53 bits per heavy atom. The highest BCUT2D eigenvalue weighted by Crippen LogP contribution is 2.22. The summed E-state index contributed by atoms with van der Waals surface area (Å²) < 4.78 is 0. The molecule has 3 nitrogen and oxygen atoms in total. The summed E-state index contributed by atoms with van der Waals surface area (Å²) in [6, 6.07) is 12.0. The molecule has 0 bridgehead atoms. The number of hydrogen-bond acceptors (Lipinski definition) is 3. The molecule has 2 rings (SSSR count). The van der Waals surface area contributed by atoms with Gasteiger partial charge in [-0.25, -0.2) is 5.90 Å². The quantitative estimate of drug-likeness (QED) is 0.772. The summed E-state index contributed by atoms with van der Waals surface area (Å²) in [5.41, 5.74) is 3.33. The van der Waals surface area contributed by atoms with Gasteiger partial charge >= 0.3 is 0 Å². The van der Waals surface area contributed by atoms with E-state index in [-0.39, 0.29) is 0 Å². The Morgan fingerprint density at radius 2 is 1.80 bits per heavy atom. The van der Waals surface area contributed by atoms with E-state index >= 15 is 0 Å². The normalized spacial score (nSPS) is 10.2. The highest BCUT2D eigenvalue weighted by Gasteiger charge is 2.03. The molecule has 1 heterocycles. The van der Waals surface area contributed by atoms with E-state index in [9.17, 15) is 0 Å². The number of benzene rings is 1. The Kier molecular flexibility index (Phi) is 3.07. The molecule has 0 aliphatic rings. The molecule has 0 saturated heterocycles. The molecule has 0 radical (unpaired) electrons. The van der Waals surface area contributed by atoms with Crippen molar-refractivity contribution in [2.75, 3.05) is 0 Å². The monoisotopic (exact) mass is 200 g/mol. The lowest BCUT2D eigenvalue weighted by atomic mass is 10.0. The van der Waals surface area contributed by atoms with Crippen LogP contribution in [0.5, 0.6) is 0 Å². The predicted molar refractivity (Wildman–Crippen MR) is 58.6 cm³/mol. The van der Waals surface area contributed by atoms with Crippen molar-refractivity contribution in [3.05, 3.63) is 54.4 Å².